The molecule has 5 rings (SSSR count). The topological polar surface area (TPSA) is 68.2 Å². The number of ether oxygens (including phenoxy) is 2. The van der Waals surface area contributed by atoms with E-state index < -0.39 is 17.2 Å². The van der Waals surface area contributed by atoms with Gasteiger partial charge in [-0.3, -0.25) is 4.90 Å². The van der Waals surface area contributed by atoms with Crippen molar-refractivity contribution in [1.29, 1.82) is 0 Å². The van der Waals surface area contributed by atoms with Gasteiger partial charge in [0.25, 0.3) is 0 Å². The quantitative estimate of drug-likeness (QED) is 0.200. The van der Waals surface area contributed by atoms with Crippen molar-refractivity contribution in [3.8, 4) is 11.5 Å². The second kappa shape index (κ2) is 11.8. The first-order valence-corrected chi connectivity index (χ1v) is 12.7. The average molecular weight is 546 g/mol. The van der Waals surface area contributed by atoms with Crippen LogP contribution in [0.5, 0.6) is 11.5 Å². The van der Waals surface area contributed by atoms with Crippen LogP contribution in [-0.2, 0) is 25.2 Å². The van der Waals surface area contributed by atoms with Crippen molar-refractivity contribution in [2.45, 2.75) is 25.2 Å². The molecule has 0 aliphatic rings. The molecule has 0 radical (unpaired) electrons. The van der Waals surface area contributed by atoms with Gasteiger partial charge in [-0.15, -0.1) is 0 Å². The van der Waals surface area contributed by atoms with Crippen molar-refractivity contribution < 1.29 is 32.2 Å². The van der Waals surface area contributed by atoms with Gasteiger partial charge in [-0.2, -0.15) is 0 Å². The fraction of sp³-hybridized carbons (Fsp3) is 0.188. The van der Waals surface area contributed by atoms with Crippen LogP contribution in [0.3, 0.4) is 0 Å². The largest absolute Gasteiger partial charge is 0.493 e. The maximum absolute atomic E-state index is 14.2. The molecule has 2 aromatic heterocycles. The number of benzene rings is 3. The number of furan rings is 2. The van der Waals surface area contributed by atoms with E-state index in [2.05, 4.69) is 4.90 Å². The van der Waals surface area contributed by atoms with Crippen LogP contribution in [-0.4, -0.2) is 24.2 Å². The Kier molecular flexibility index (Phi) is 8.00. The predicted molar refractivity (Wildman–Crippen MR) is 145 cm³/mol. The molecule has 8 heteroatoms. The van der Waals surface area contributed by atoms with Gasteiger partial charge in [-0.05, 0) is 77.4 Å². The lowest BCUT2D eigenvalue weighted by molar-refractivity contribution is 0.0941. The predicted octanol–water partition coefficient (Wildman–Crippen LogP) is 6.65. The highest BCUT2D eigenvalue weighted by atomic mass is 19.1. The average Bonchev–Trinajstić information content (AvgIpc) is 3.65. The third-order valence-corrected chi connectivity index (χ3v) is 6.70. The minimum atomic E-state index is -1.92. The molecular formula is C32H29F2NO5. The molecule has 0 aliphatic carbocycles. The fourth-order valence-electron chi connectivity index (χ4n) is 4.78. The Hall–Kier alpha value is -4.40. The van der Waals surface area contributed by atoms with Crippen LogP contribution in [0.4, 0.5) is 8.78 Å². The molecule has 0 saturated heterocycles. The van der Waals surface area contributed by atoms with Crippen molar-refractivity contribution in [3.05, 3.63) is 143 Å². The van der Waals surface area contributed by atoms with Crippen LogP contribution in [0.2, 0.25) is 0 Å². The third-order valence-electron chi connectivity index (χ3n) is 6.70. The van der Waals surface area contributed by atoms with Gasteiger partial charge in [0, 0.05) is 6.54 Å². The van der Waals surface area contributed by atoms with Crippen LogP contribution >= 0.6 is 0 Å². The summed E-state index contributed by atoms with van der Waals surface area (Å²) in [6, 6.07) is 24.0. The molecule has 206 valence electrons. The van der Waals surface area contributed by atoms with Crippen LogP contribution < -0.4 is 9.47 Å². The summed E-state index contributed by atoms with van der Waals surface area (Å²) in [4.78, 5) is 2.10. The number of nitrogens with zero attached hydrogens (tertiary/aromatic N) is 1. The van der Waals surface area contributed by atoms with Crippen LogP contribution in [0.25, 0.3) is 0 Å². The molecule has 0 amide bonds. The lowest BCUT2D eigenvalue weighted by Crippen LogP contribution is -2.28. The lowest BCUT2D eigenvalue weighted by Gasteiger charge is -2.27. The van der Waals surface area contributed by atoms with E-state index in [4.69, 9.17) is 18.3 Å². The zero-order valence-electron chi connectivity index (χ0n) is 22.1. The summed E-state index contributed by atoms with van der Waals surface area (Å²) in [6.07, 6.45) is 1.62. The van der Waals surface area contributed by atoms with Crippen LogP contribution in [0, 0.1) is 11.6 Å². The van der Waals surface area contributed by atoms with Crippen LogP contribution in [0.15, 0.2) is 106 Å². The van der Waals surface area contributed by atoms with Gasteiger partial charge < -0.3 is 23.4 Å². The summed E-state index contributed by atoms with van der Waals surface area (Å²) in [5.41, 5.74) is -0.502. The van der Waals surface area contributed by atoms with Crippen LogP contribution in [0.1, 0.15) is 34.0 Å². The first-order chi connectivity index (χ1) is 19.4. The summed E-state index contributed by atoms with van der Waals surface area (Å²) in [6.45, 7) is 1.36. The van der Waals surface area contributed by atoms with Gasteiger partial charge in [0.1, 0.15) is 28.9 Å². The number of hydrogen-bond acceptors (Lipinski definition) is 6. The van der Waals surface area contributed by atoms with Crippen molar-refractivity contribution in [3.63, 3.8) is 0 Å². The Bertz CT molecular complexity index is 1520. The summed E-state index contributed by atoms with van der Waals surface area (Å²) >= 11 is 0. The van der Waals surface area contributed by atoms with Gasteiger partial charge in [0.05, 0.1) is 33.6 Å². The second-order valence-corrected chi connectivity index (χ2v) is 9.41. The fourth-order valence-corrected chi connectivity index (χ4v) is 4.78. The van der Waals surface area contributed by atoms with Gasteiger partial charge in [0.2, 0.25) is 0 Å². The monoisotopic (exact) mass is 545 g/mol. The van der Waals surface area contributed by atoms with E-state index in [9.17, 15) is 13.9 Å². The molecule has 0 saturated carbocycles. The van der Waals surface area contributed by atoms with Crippen molar-refractivity contribution in [1.82, 2.24) is 4.90 Å². The molecule has 0 atom stereocenters. The first-order valence-electron chi connectivity index (χ1n) is 12.7. The summed E-state index contributed by atoms with van der Waals surface area (Å²) < 4.78 is 51.1. The zero-order valence-corrected chi connectivity index (χ0v) is 22.1. The summed E-state index contributed by atoms with van der Waals surface area (Å²) in [7, 11) is 3.18. The number of methoxy groups -OCH3 is 2. The first kappa shape index (κ1) is 27.2. The molecule has 6 nitrogen and oxygen atoms in total. The molecule has 0 fully saturated rings. The Morgan fingerprint density at radius 2 is 1.40 bits per heavy atom. The molecule has 0 aliphatic heterocycles. The van der Waals surface area contributed by atoms with E-state index in [0.29, 0.717) is 36.9 Å². The summed E-state index contributed by atoms with van der Waals surface area (Å²) in [5.74, 6) is 1.65. The van der Waals surface area contributed by atoms with E-state index in [-0.39, 0.29) is 16.9 Å². The highest BCUT2D eigenvalue weighted by molar-refractivity contribution is 5.45. The number of halogens is 2. The van der Waals surface area contributed by atoms with E-state index in [1.54, 1.807) is 44.7 Å². The Morgan fingerprint density at radius 1 is 0.725 bits per heavy atom. The van der Waals surface area contributed by atoms with Gasteiger partial charge >= 0.3 is 0 Å². The van der Waals surface area contributed by atoms with E-state index in [1.807, 2.05) is 30.3 Å². The van der Waals surface area contributed by atoms with Crippen molar-refractivity contribution >= 4 is 0 Å². The normalized spacial score (nSPS) is 11.7. The molecule has 0 unspecified atom stereocenters. The van der Waals surface area contributed by atoms with E-state index >= 15 is 0 Å². The highest BCUT2D eigenvalue weighted by Crippen LogP contribution is 2.38. The zero-order chi connectivity index (χ0) is 28.1. The van der Waals surface area contributed by atoms with Crippen molar-refractivity contribution in [2.75, 3.05) is 14.2 Å². The minimum Gasteiger partial charge on any atom is -0.493 e. The van der Waals surface area contributed by atoms with Crippen molar-refractivity contribution in [2.24, 2.45) is 0 Å². The highest BCUT2D eigenvalue weighted by Gasteiger charge is 2.38. The smallest absolute Gasteiger partial charge is 0.173 e. The molecule has 0 spiro atoms. The molecular weight excluding hydrogens is 516 g/mol. The Labute approximate surface area is 231 Å². The Balaban J connectivity index is 1.48. The lowest BCUT2D eigenvalue weighted by atomic mass is 9.84. The van der Waals surface area contributed by atoms with E-state index in [0.717, 1.165) is 11.3 Å². The van der Waals surface area contributed by atoms with Gasteiger partial charge in [-0.1, -0.05) is 30.3 Å². The maximum atomic E-state index is 14.2. The van der Waals surface area contributed by atoms with Gasteiger partial charge in [0.15, 0.2) is 17.1 Å². The molecule has 2 heterocycles. The molecule has 3 aromatic carbocycles. The molecule has 0 bridgehead atoms. The van der Waals surface area contributed by atoms with E-state index in [1.165, 1.54) is 36.4 Å². The number of aliphatic hydroxyl groups is 1. The second-order valence-electron chi connectivity index (χ2n) is 9.41. The third kappa shape index (κ3) is 5.78. The van der Waals surface area contributed by atoms with Gasteiger partial charge in [-0.25, -0.2) is 8.78 Å². The minimum absolute atomic E-state index is 0.141. The molecule has 40 heavy (non-hydrogen) atoms. The Morgan fingerprint density at radius 3 is 2.00 bits per heavy atom. The SMILES string of the molecule is COc1ccc(CN(Cc2ccco2)Cc2ccc(C(O)(c3cccc(F)c3)c3cccc(F)c3)o2)cc1OC. The maximum Gasteiger partial charge on any atom is 0.173 e. The molecule has 1 N–H and O–H groups in total. The number of rotatable bonds is 11. The standard InChI is InChI=1S/C32H29F2NO5/c1-37-29-13-11-22(16-30(29)38-2)19-35(20-27-10-5-15-39-27)21-28-12-14-31(40-28)32(36,23-6-3-8-25(33)17-23)24-7-4-9-26(34)18-24/h3-18,36H,19-21H2,1-2H3. The number of hydrogen-bond donors (Lipinski definition) is 1. The molecule has 5 aromatic rings. The summed E-state index contributed by atoms with van der Waals surface area (Å²) in [5, 5.41) is 12.0.